The van der Waals surface area contributed by atoms with Gasteiger partial charge in [0.15, 0.2) is 0 Å². The maximum Gasteiger partial charge on any atom is 0.303 e. The Morgan fingerprint density at radius 1 is 1.02 bits per heavy atom. The lowest BCUT2D eigenvalue weighted by molar-refractivity contribution is -0.138. The van der Waals surface area contributed by atoms with E-state index in [9.17, 15) is 15.0 Å². The number of aliphatic carboxylic acids is 1. The minimum absolute atomic E-state index is 0.0683. The molecule has 1 aliphatic rings. The maximum atomic E-state index is 11.5. The summed E-state index contributed by atoms with van der Waals surface area (Å²) >= 11 is 8.06. The summed E-state index contributed by atoms with van der Waals surface area (Å²) in [4.78, 5) is 16.2. The van der Waals surface area contributed by atoms with Gasteiger partial charge in [0, 0.05) is 21.4 Å². The van der Waals surface area contributed by atoms with Gasteiger partial charge in [-0.1, -0.05) is 78.3 Å². The highest BCUT2D eigenvalue weighted by Crippen LogP contribution is 2.53. The Kier molecular flexibility index (Phi) is 9.49. The Labute approximate surface area is 251 Å². The van der Waals surface area contributed by atoms with Gasteiger partial charge in [-0.25, -0.2) is 4.98 Å². The molecule has 6 heteroatoms. The van der Waals surface area contributed by atoms with Crippen LogP contribution in [-0.4, -0.2) is 33.0 Å². The molecule has 1 saturated carbocycles. The van der Waals surface area contributed by atoms with E-state index in [-0.39, 0.29) is 23.2 Å². The summed E-state index contributed by atoms with van der Waals surface area (Å²) in [5.41, 5.74) is 6.48. The van der Waals surface area contributed by atoms with Crippen LogP contribution < -0.4 is 0 Å². The van der Waals surface area contributed by atoms with Crippen LogP contribution in [0.4, 0.5) is 0 Å². The molecule has 2 N–H and O–H groups in total. The van der Waals surface area contributed by atoms with Crippen LogP contribution >= 0.6 is 23.4 Å². The second-order valence-electron chi connectivity index (χ2n) is 11.3. The first-order chi connectivity index (χ1) is 19.8. The van der Waals surface area contributed by atoms with Crippen molar-refractivity contribution in [2.45, 2.75) is 56.8 Å². The van der Waals surface area contributed by atoms with Gasteiger partial charge in [0.1, 0.15) is 0 Å². The number of carboxylic acid groups (broad SMARTS) is 1. The lowest BCUT2D eigenvalue weighted by Crippen LogP contribution is -2.13. The van der Waals surface area contributed by atoms with Crippen LogP contribution in [0.15, 0.2) is 78.9 Å². The molecule has 4 aromatic rings. The largest absolute Gasteiger partial charge is 0.481 e. The van der Waals surface area contributed by atoms with Crippen molar-refractivity contribution in [2.24, 2.45) is 5.41 Å². The normalized spacial score (nSPS) is 15.7. The molecule has 1 aromatic heterocycles. The molecular formula is C35H36ClNO3S. The molecule has 1 heterocycles. The summed E-state index contributed by atoms with van der Waals surface area (Å²) in [5, 5.41) is 21.4. The highest BCUT2D eigenvalue weighted by molar-refractivity contribution is 7.99. The molecule has 0 radical (unpaired) electrons. The topological polar surface area (TPSA) is 70.4 Å². The summed E-state index contributed by atoms with van der Waals surface area (Å²) in [6.45, 7) is 1.83. The fourth-order valence-corrected chi connectivity index (χ4v) is 7.08. The zero-order valence-electron chi connectivity index (χ0n) is 23.3. The van der Waals surface area contributed by atoms with Crippen LogP contribution in [0, 0.1) is 5.41 Å². The minimum atomic E-state index is -0.705. The lowest BCUT2D eigenvalue weighted by atomic mass is 9.96. The van der Waals surface area contributed by atoms with Crippen LogP contribution in [0.1, 0.15) is 65.8 Å². The molecule has 5 rings (SSSR count). The van der Waals surface area contributed by atoms with Gasteiger partial charge in [-0.2, -0.15) is 11.8 Å². The van der Waals surface area contributed by atoms with E-state index in [4.69, 9.17) is 16.6 Å². The number of fused-ring (bicyclic) bond motifs is 1. The molecule has 1 aliphatic carbocycles. The van der Waals surface area contributed by atoms with E-state index < -0.39 is 5.97 Å². The SMILES string of the molecule is CC(O)Cc1ccccc1CCC(SCC1(CC(=O)O)CC1)c1cccc(/C=C/c2ccc3ccc(Cl)cc3n2)c1. The van der Waals surface area contributed by atoms with Crippen LogP contribution in [0.3, 0.4) is 0 Å². The summed E-state index contributed by atoms with van der Waals surface area (Å²) in [6, 6.07) is 26.8. The molecule has 0 aliphatic heterocycles. The van der Waals surface area contributed by atoms with Gasteiger partial charge in [-0.15, -0.1) is 0 Å². The first-order valence-electron chi connectivity index (χ1n) is 14.2. The van der Waals surface area contributed by atoms with Crippen molar-refractivity contribution >= 4 is 52.4 Å². The van der Waals surface area contributed by atoms with Crippen LogP contribution in [0.25, 0.3) is 23.1 Å². The third kappa shape index (κ3) is 8.22. The minimum Gasteiger partial charge on any atom is -0.481 e. The number of benzene rings is 3. The maximum absolute atomic E-state index is 11.5. The number of rotatable bonds is 13. The van der Waals surface area contributed by atoms with E-state index >= 15 is 0 Å². The molecule has 0 spiro atoms. The first kappa shape index (κ1) is 29.4. The van der Waals surface area contributed by atoms with Gasteiger partial charge in [-0.3, -0.25) is 4.79 Å². The van der Waals surface area contributed by atoms with Crippen molar-refractivity contribution in [1.82, 2.24) is 4.98 Å². The van der Waals surface area contributed by atoms with E-state index in [2.05, 4.69) is 54.6 Å². The van der Waals surface area contributed by atoms with E-state index in [1.165, 1.54) is 16.7 Å². The van der Waals surface area contributed by atoms with Gasteiger partial charge in [0.25, 0.3) is 0 Å². The fourth-order valence-electron chi connectivity index (χ4n) is 5.34. The number of aryl methyl sites for hydroxylation is 1. The molecule has 0 amide bonds. The Morgan fingerprint density at radius 3 is 2.56 bits per heavy atom. The average Bonchev–Trinajstić information content (AvgIpc) is 3.71. The Morgan fingerprint density at radius 2 is 1.80 bits per heavy atom. The average molecular weight is 586 g/mol. The molecule has 0 saturated heterocycles. The number of hydrogen-bond acceptors (Lipinski definition) is 4. The number of aromatic nitrogens is 1. The predicted octanol–water partition coefficient (Wildman–Crippen LogP) is 8.64. The third-order valence-electron chi connectivity index (χ3n) is 7.79. The number of hydrogen-bond donors (Lipinski definition) is 2. The monoisotopic (exact) mass is 585 g/mol. The number of aliphatic hydroxyl groups is 1. The number of carboxylic acids is 1. The molecule has 2 atom stereocenters. The lowest BCUT2D eigenvalue weighted by Gasteiger charge is -2.22. The molecule has 1 fully saturated rings. The van der Waals surface area contributed by atoms with Crippen molar-refractivity contribution in [3.63, 3.8) is 0 Å². The quantitative estimate of drug-likeness (QED) is 0.164. The highest BCUT2D eigenvalue weighted by Gasteiger charge is 2.44. The van der Waals surface area contributed by atoms with Gasteiger partial charge >= 0.3 is 5.97 Å². The van der Waals surface area contributed by atoms with Gasteiger partial charge < -0.3 is 10.2 Å². The van der Waals surface area contributed by atoms with E-state index in [1.54, 1.807) is 0 Å². The Balaban J connectivity index is 1.35. The third-order valence-corrected chi connectivity index (χ3v) is 9.71. The van der Waals surface area contributed by atoms with Gasteiger partial charge in [0.2, 0.25) is 0 Å². The number of thioether (sulfide) groups is 1. The summed E-state index contributed by atoms with van der Waals surface area (Å²) in [5.74, 6) is 0.145. The van der Waals surface area contributed by atoms with Crippen molar-refractivity contribution in [3.05, 3.63) is 112 Å². The zero-order chi connectivity index (χ0) is 28.8. The Bertz CT molecular complexity index is 1550. The predicted molar refractivity (Wildman–Crippen MR) is 171 cm³/mol. The number of nitrogens with zero attached hydrogens (tertiary/aromatic N) is 1. The van der Waals surface area contributed by atoms with Crippen LogP contribution in [-0.2, 0) is 17.6 Å². The number of carbonyl (C=O) groups is 1. The van der Waals surface area contributed by atoms with Crippen molar-refractivity contribution in [1.29, 1.82) is 0 Å². The van der Waals surface area contributed by atoms with Gasteiger partial charge in [-0.05, 0) is 91.0 Å². The van der Waals surface area contributed by atoms with Crippen LogP contribution in [0.2, 0.25) is 5.02 Å². The Hall–Kier alpha value is -3.12. The first-order valence-corrected chi connectivity index (χ1v) is 15.6. The number of halogens is 1. The molecule has 41 heavy (non-hydrogen) atoms. The van der Waals surface area contributed by atoms with E-state index in [0.717, 1.165) is 53.6 Å². The highest BCUT2D eigenvalue weighted by atomic mass is 35.5. The summed E-state index contributed by atoms with van der Waals surface area (Å²) < 4.78 is 0. The fraction of sp³-hybridized carbons (Fsp3) is 0.314. The summed E-state index contributed by atoms with van der Waals surface area (Å²) in [7, 11) is 0. The number of aliphatic hydroxyl groups excluding tert-OH is 1. The number of pyridine rings is 1. The standard InChI is InChI=1S/C35H36ClNO3S/c1-24(38)19-28-7-3-2-6-26(28)12-16-33(41-23-35(17-18-35)22-34(39)40)29-8-4-5-25(20-29)9-14-31-15-11-27-10-13-30(36)21-32(27)37-31/h2-11,13-15,20-21,24,33,38H,12,16-19,22-23H2,1H3,(H,39,40)/b14-9+. The molecule has 2 unspecified atom stereocenters. The second-order valence-corrected chi connectivity index (χ2v) is 12.9. The van der Waals surface area contributed by atoms with Crippen molar-refractivity contribution in [2.75, 3.05) is 5.75 Å². The molecule has 212 valence electrons. The van der Waals surface area contributed by atoms with E-state index in [0.29, 0.717) is 11.4 Å². The smallest absolute Gasteiger partial charge is 0.303 e. The van der Waals surface area contributed by atoms with E-state index in [1.807, 2.05) is 55.1 Å². The zero-order valence-corrected chi connectivity index (χ0v) is 24.9. The molecule has 0 bridgehead atoms. The van der Waals surface area contributed by atoms with Gasteiger partial charge in [0.05, 0.1) is 23.7 Å². The molecule has 4 nitrogen and oxygen atoms in total. The van der Waals surface area contributed by atoms with Crippen molar-refractivity contribution < 1.29 is 15.0 Å². The second kappa shape index (κ2) is 13.2. The van der Waals surface area contributed by atoms with Crippen molar-refractivity contribution in [3.8, 4) is 0 Å². The molecular weight excluding hydrogens is 550 g/mol. The molecule has 3 aromatic carbocycles. The summed E-state index contributed by atoms with van der Waals surface area (Å²) in [6.07, 6.45) is 8.44. The van der Waals surface area contributed by atoms with Crippen LogP contribution in [0.5, 0.6) is 0 Å².